The maximum atomic E-state index is 9.74. The fourth-order valence-corrected chi connectivity index (χ4v) is 0.378. The molecule has 0 aliphatic heterocycles. The summed E-state index contributed by atoms with van der Waals surface area (Å²) in [6, 6.07) is 0. The van der Waals surface area contributed by atoms with E-state index in [-0.39, 0.29) is 25.5 Å². The van der Waals surface area contributed by atoms with Gasteiger partial charge in [0.2, 0.25) is 0 Å². The predicted octanol–water partition coefficient (Wildman–Crippen LogP) is -3.59. The molecule has 0 saturated carbocycles. The number of carboxylic acids is 1. The van der Waals surface area contributed by atoms with E-state index in [0.29, 0.717) is 12.5 Å². The number of carbonyl (C=O) groups excluding carboxylic acids is 1. The first-order chi connectivity index (χ1) is 4.13. The predicted molar refractivity (Wildman–Crippen MR) is 30.7 cm³/mol. The van der Waals surface area contributed by atoms with Crippen LogP contribution in [0.2, 0.25) is 0 Å². The number of rotatable bonds is 4. The first kappa shape index (κ1) is 12.7. The smallest absolute Gasteiger partial charge is 0.548 e. The molecular formula is C6H11LiO3. The number of hydrogen-bond acceptors (Lipinski definition) is 3. The summed E-state index contributed by atoms with van der Waals surface area (Å²) in [6.45, 7) is 4.09. The van der Waals surface area contributed by atoms with Gasteiger partial charge in [-0.3, -0.25) is 0 Å². The first-order valence-electron chi connectivity index (χ1n) is 2.90. The van der Waals surface area contributed by atoms with E-state index in [4.69, 9.17) is 4.74 Å². The topological polar surface area (TPSA) is 49.4 Å². The van der Waals surface area contributed by atoms with Crippen molar-refractivity contribution in [3.05, 3.63) is 0 Å². The van der Waals surface area contributed by atoms with Crippen molar-refractivity contribution in [1.82, 2.24) is 0 Å². The molecule has 0 atom stereocenters. The molecule has 0 fully saturated rings. The second-order valence-electron chi connectivity index (χ2n) is 2.28. The monoisotopic (exact) mass is 138 g/mol. The molecule has 0 aliphatic rings. The summed E-state index contributed by atoms with van der Waals surface area (Å²) in [5.41, 5.74) is 0. The van der Waals surface area contributed by atoms with E-state index in [1.807, 2.05) is 13.8 Å². The van der Waals surface area contributed by atoms with Gasteiger partial charge in [0, 0.05) is 6.61 Å². The fourth-order valence-electron chi connectivity index (χ4n) is 0.378. The molecule has 0 aromatic rings. The minimum absolute atomic E-state index is 0. The maximum Gasteiger partial charge on any atom is 1.00 e. The van der Waals surface area contributed by atoms with Crippen molar-refractivity contribution < 1.29 is 33.5 Å². The molecule has 0 amide bonds. The summed E-state index contributed by atoms with van der Waals surface area (Å²) in [4.78, 5) is 9.74. The van der Waals surface area contributed by atoms with E-state index in [0.717, 1.165) is 0 Å². The Morgan fingerprint density at radius 2 is 2.10 bits per heavy atom. The number of carboxylic acid groups (broad SMARTS) is 1. The number of ether oxygens (including phenoxy) is 1. The average Bonchev–Trinajstić information content (AvgIpc) is 1.63. The van der Waals surface area contributed by atoms with Gasteiger partial charge in [0.25, 0.3) is 0 Å². The fraction of sp³-hybridized carbons (Fsp3) is 0.833. The minimum Gasteiger partial charge on any atom is -0.548 e. The Bertz CT molecular complexity index is 93.0. The van der Waals surface area contributed by atoms with Crippen molar-refractivity contribution >= 4 is 5.97 Å². The van der Waals surface area contributed by atoms with Crippen LogP contribution < -0.4 is 24.0 Å². The third-order valence-corrected chi connectivity index (χ3v) is 0.671. The van der Waals surface area contributed by atoms with Crippen LogP contribution >= 0.6 is 0 Å². The van der Waals surface area contributed by atoms with Gasteiger partial charge in [0.05, 0.1) is 12.6 Å². The van der Waals surface area contributed by atoms with Crippen LogP contribution in [0, 0.1) is 5.92 Å². The molecule has 0 aromatic carbocycles. The van der Waals surface area contributed by atoms with Gasteiger partial charge >= 0.3 is 18.9 Å². The summed E-state index contributed by atoms with van der Waals surface area (Å²) in [5.74, 6) is -0.778. The first-order valence-corrected chi connectivity index (χ1v) is 2.90. The van der Waals surface area contributed by atoms with Crippen LogP contribution in [0.15, 0.2) is 0 Å². The van der Waals surface area contributed by atoms with Gasteiger partial charge < -0.3 is 14.6 Å². The standard InChI is InChI=1S/C6H12O3.Li/c1-5(2)3-9-4-6(7)8;/h5H,3-4H2,1-2H3,(H,7,8);/q;+1/p-1. The number of hydrogen-bond donors (Lipinski definition) is 0. The minimum atomic E-state index is -1.16. The summed E-state index contributed by atoms with van der Waals surface area (Å²) in [5, 5.41) is 9.74. The van der Waals surface area contributed by atoms with Crippen molar-refractivity contribution in [3.8, 4) is 0 Å². The maximum absolute atomic E-state index is 9.74. The summed E-state index contributed by atoms with van der Waals surface area (Å²) in [7, 11) is 0. The molecule has 0 saturated heterocycles. The van der Waals surface area contributed by atoms with Crippen LogP contribution in [0.25, 0.3) is 0 Å². The van der Waals surface area contributed by atoms with Gasteiger partial charge in [-0.05, 0) is 5.92 Å². The molecule has 0 spiro atoms. The van der Waals surface area contributed by atoms with Gasteiger partial charge in [0.1, 0.15) is 0 Å². The molecule has 0 aromatic heterocycles. The Morgan fingerprint density at radius 3 is 2.40 bits per heavy atom. The number of carbonyl (C=O) groups is 1. The normalized spacial score (nSPS) is 9.10. The summed E-state index contributed by atoms with van der Waals surface area (Å²) in [6.07, 6.45) is 0. The SMILES string of the molecule is CC(C)COCC(=O)[O-].[Li+]. The molecule has 3 nitrogen and oxygen atoms in total. The van der Waals surface area contributed by atoms with Crippen molar-refractivity contribution in [2.75, 3.05) is 13.2 Å². The zero-order valence-corrected chi connectivity index (χ0v) is 6.72. The Kier molecular flexibility index (Phi) is 9.05. The largest absolute Gasteiger partial charge is 1.00 e. The molecular weight excluding hydrogens is 127 g/mol. The average molecular weight is 138 g/mol. The van der Waals surface area contributed by atoms with Crippen molar-refractivity contribution in [1.29, 1.82) is 0 Å². The number of aliphatic carboxylic acids is 1. The van der Waals surface area contributed by atoms with Crippen molar-refractivity contribution in [2.45, 2.75) is 13.8 Å². The van der Waals surface area contributed by atoms with Crippen molar-refractivity contribution in [2.24, 2.45) is 5.92 Å². The van der Waals surface area contributed by atoms with E-state index in [2.05, 4.69) is 0 Å². The second kappa shape index (κ2) is 7.14. The van der Waals surface area contributed by atoms with E-state index < -0.39 is 5.97 Å². The Hall–Kier alpha value is 0.0274. The van der Waals surface area contributed by atoms with Crippen LogP contribution in [0.1, 0.15) is 13.8 Å². The van der Waals surface area contributed by atoms with Crippen LogP contribution in [0.3, 0.4) is 0 Å². The molecule has 4 heteroatoms. The third-order valence-electron chi connectivity index (χ3n) is 0.671. The van der Waals surface area contributed by atoms with Crippen LogP contribution in [0.5, 0.6) is 0 Å². The molecule has 0 heterocycles. The van der Waals surface area contributed by atoms with Crippen LogP contribution in [-0.2, 0) is 9.53 Å². The molecule has 10 heavy (non-hydrogen) atoms. The molecule has 0 rings (SSSR count). The van der Waals surface area contributed by atoms with E-state index >= 15 is 0 Å². The molecule has 0 N–H and O–H groups in total. The molecule has 0 unspecified atom stereocenters. The summed E-state index contributed by atoms with van der Waals surface area (Å²) >= 11 is 0. The van der Waals surface area contributed by atoms with E-state index in [9.17, 15) is 9.90 Å². The Morgan fingerprint density at radius 1 is 1.60 bits per heavy atom. The van der Waals surface area contributed by atoms with Crippen molar-refractivity contribution in [3.63, 3.8) is 0 Å². The Labute approximate surface area is 72.9 Å². The van der Waals surface area contributed by atoms with Gasteiger partial charge in [-0.1, -0.05) is 13.8 Å². The van der Waals surface area contributed by atoms with Crippen LogP contribution in [0.4, 0.5) is 0 Å². The quantitative estimate of drug-likeness (QED) is 0.377. The van der Waals surface area contributed by atoms with Gasteiger partial charge in [-0.15, -0.1) is 0 Å². The summed E-state index contributed by atoms with van der Waals surface area (Å²) < 4.78 is 4.69. The molecule has 0 bridgehead atoms. The molecule has 0 radical (unpaired) electrons. The second-order valence-corrected chi connectivity index (χ2v) is 2.28. The molecule has 0 aliphatic carbocycles. The van der Waals surface area contributed by atoms with Gasteiger partial charge in [0.15, 0.2) is 0 Å². The third kappa shape index (κ3) is 10.9. The zero-order valence-electron chi connectivity index (χ0n) is 6.72. The van der Waals surface area contributed by atoms with E-state index in [1.54, 1.807) is 0 Å². The van der Waals surface area contributed by atoms with Gasteiger partial charge in [-0.2, -0.15) is 0 Å². The van der Waals surface area contributed by atoms with Crippen LogP contribution in [-0.4, -0.2) is 19.2 Å². The Balaban J connectivity index is 0. The van der Waals surface area contributed by atoms with Gasteiger partial charge in [-0.25, -0.2) is 0 Å². The zero-order chi connectivity index (χ0) is 7.28. The molecule has 54 valence electrons. The van der Waals surface area contributed by atoms with E-state index in [1.165, 1.54) is 0 Å².